The molecule has 0 fully saturated rings. The van der Waals surface area contributed by atoms with Gasteiger partial charge in [-0.3, -0.25) is 9.59 Å². The van der Waals surface area contributed by atoms with Crippen LogP contribution in [0.25, 0.3) is 10.8 Å². The van der Waals surface area contributed by atoms with Crippen LogP contribution in [-0.4, -0.2) is 51.4 Å². The summed E-state index contributed by atoms with van der Waals surface area (Å²) < 4.78 is 0. The van der Waals surface area contributed by atoms with E-state index in [9.17, 15) is 24.6 Å². The van der Waals surface area contributed by atoms with Crippen molar-refractivity contribution in [2.75, 3.05) is 18.0 Å². The van der Waals surface area contributed by atoms with Gasteiger partial charge in [0.2, 0.25) is 0 Å². The first-order valence-corrected chi connectivity index (χ1v) is 6.47. The number of hydrogen-bond donors (Lipinski definition) is 4. The molecule has 0 spiro atoms. The summed E-state index contributed by atoms with van der Waals surface area (Å²) in [5.41, 5.74) is -0.565. The fourth-order valence-corrected chi connectivity index (χ4v) is 2.34. The molecule has 0 unspecified atom stereocenters. The van der Waals surface area contributed by atoms with Crippen LogP contribution >= 0.6 is 0 Å². The Balaban J connectivity index is 2.77. The molecule has 120 valence electrons. The van der Waals surface area contributed by atoms with Gasteiger partial charge in [-0.25, -0.2) is 4.79 Å². The smallest absolute Gasteiger partial charge is 0.339 e. The van der Waals surface area contributed by atoms with Gasteiger partial charge in [-0.1, -0.05) is 24.3 Å². The van der Waals surface area contributed by atoms with Crippen molar-refractivity contribution in [3.05, 3.63) is 35.9 Å². The fraction of sp³-hybridized carbons (Fsp3) is 0.133. The summed E-state index contributed by atoms with van der Waals surface area (Å²) in [6.07, 6.45) is 0. The highest BCUT2D eigenvalue weighted by atomic mass is 16.4. The van der Waals surface area contributed by atoms with Crippen molar-refractivity contribution in [1.82, 2.24) is 0 Å². The number of carboxylic acid groups (broad SMARTS) is 3. The van der Waals surface area contributed by atoms with Gasteiger partial charge in [-0.2, -0.15) is 0 Å². The van der Waals surface area contributed by atoms with E-state index in [4.69, 9.17) is 10.2 Å². The molecule has 0 saturated heterocycles. The number of anilines is 1. The average Bonchev–Trinajstić information content (AvgIpc) is 2.44. The molecule has 0 radical (unpaired) electrons. The topological polar surface area (TPSA) is 135 Å². The number of nitrogens with zero attached hydrogens (tertiary/aromatic N) is 1. The molecule has 0 heterocycles. The van der Waals surface area contributed by atoms with Gasteiger partial charge in [0.25, 0.3) is 0 Å². The van der Waals surface area contributed by atoms with Crippen LogP contribution in [0.3, 0.4) is 0 Å². The zero-order valence-corrected chi connectivity index (χ0v) is 11.8. The molecular formula is C15H13NO7. The molecular weight excluding hydrogens is 306 g/mol. The maximum absolute atomic E-state index is 11.3. The summed E-state index contributed by atoms with van der Waals surface area (Å²) in [5, 5.41) is 38.2. The molecule has 0 aromatic heterocycles. The second-order valence-electron chi connectivity index (χ2n) is 4.79. The minimum absolute atomic E-state index is 0.134. The predicted molar refractivity (Wildman–Crippen MR) is 80.1 cm³/mol. The second-order valence-corrected chi connectivity index (χ2v) is 4.79. The Hall–Kier alpha value is -3.29. The van der Waals surface area contributed by atoms with Gasteiger partial charge in [0.05, 0.1) is 5.69 Å². The molecule has 8 heteroatoms. The van der Waals surface area contributed by atoms with E-state index in [0.29, 0.717) is 10.8 Å². The summed E-state index contributed by atoms with van der Waals surface area (Å²) in [6.45, 7) is -1.40. The first kappa shape index (κ1) is 16.1. The number of aromatic carboxylic acids is 1. The van der Waals surface area contributed by atoms with Crippen molar-refractivity contribution in [3.8, 4) is 5.75 Å². The molecule has 4 N–H and O–H groups in total. The van der Waals surface area contributed by atoms with Crippen molar-refractivity contribution in [2.24, 2.45) is 0 Å². The summed E-state index contributed by atoms with van der Waals surface area (Å²) in [6, 6.07) is 7.65. The van der Waals surface area contributed by atoms with Crippen molar-refractivity contribution >= 4 is 34.4 Å². The van der Waals surface area contributed by atoms with E-state index in [0.717, 1.165) is 4.90 Å². The third kappa shape index (κ3) is 3.31. The van der Waals surface area contributed by atoms with Crippen LogP contribution in [0.15, 0.2) is 30.3 Å². The Morgan fingerprint density at radius 2 is 1.52 bits per heavy atom. The highest BCUT2D eigenvalue weighted by Crippen LogP contribution is 2.38. The molecule has 2 rings (SSSR count). The number of phenols is 1. The number of rotatable bonds is 6. The average molecular weight is 319 g/mol. The zero-order chi connectivity index (χ0) is 17.1. The van der Waals surface area contributed by atoms with Gasteiger partial charge in [0, 0.05) is 5.39 Å². The monoisotopic (exact) mass is 319 g/mol. The van der Waals surface area contributed by atoms with Crippen molar-refractivity contribution in [3.63, 3.8) is 0 Å². The molecule has 0 aliphatic heterocycles. The molecule has 2 aromatic rings. The Labute approximate surface area is 129 Å². The van der Waals surface area contributed by atoms with E-state index in [-0.39, 0.29) is 5.69 Å². The number of carboxylic acids is 3. The van der Waals surface area contributed by atoms with Gasteiger partial charge in [0.1, 0.15) is 18.7 Å². The first-order valence-electron chi connectivity index (χ1n) is 6.47. The Morgan fingerprint density at radius 3 is 2.04 bits per heavy atom. The van der Waals surface area contributed by atoms with E-state index in [1.54, 1.807) is 24.3 Å². The third-order valence-electron chi connectivity index (χ3n) is 3.19. The van der Waals surface area contributed by atoms with E-state index >= 15 is 0 Å². The van der Waals surface area contributed by atoms with E-state index in [2.05, 4.69) is 0 Å². The second kappa shape index (κ2) is 6.22. The third-order valence-corrected chi connectivity index (χ3v) is 3.19. The van der Waals surface area contributed by atoms with Gasteiger partial charge in [0.15, 0.2) is 5.75 Å². The van der Waals surface area contributed by atoms with Gasteiger partial charge in [-0.15, -0.1) is 0 Å². The molecule has 0 amide bonds. The largest absolute Gasteiger partial charge is 0.505 e. The molecule has 0 saturated carbocycles. The van der Waals surface area contributed by atoms with Gasteiger partial charge in [-0.05, 0) is 11.5 Å². The molecule has 0 aliphatic carbocycles. The van der Waals surface area contributed by atoms with Crippen LogP contribution in [0.2, 0.25) is 0 Å². The van der Waals surface area contributed by atoms with Crippen molar-refractivity contribution < 1.29 is 34.8 Å². The fourth-order valence-electron chi connectivity index (χ4n) is 2.34. The lowest BCUT2D eigenvalue weighted by atomic mass is 10.0. The zero-order valence-electron chi connectivity index (χ0n) is 11.8. The van der Waals surface area contributed by atoms with Crippen LogP contribution in [0.4, 0.5) is 5.69 Å². The highest BCUT2D eigenvalue weighted by molar-refractivity contribution is 6.06. The first-order chi connectivity index (χ1) is 10.8. The highest BCUT2D eigenvalue weighted by Gasteiger charge is 2.24. The lowest BCUT2D eigenvalue weighted by Crippen LogP contribution is -2.34. The normalized spacial score (nSPS) is 10.4. The van der Waals surface area contributed by atoms with E-state index in [1.807, 2.05) is 0 Å². The number of aliphatic carboxylic acids is 2. The summed E-state index contributed by atoms with van der Waals surface area (Å²) in [4.78, 5) is 34.2. The number of fused-ring (bicyclic) bond motifs is 1. The summed E-state index contributed by atoms with van der Waals surface area (Å²) in [5.74, 6) is -4.69. The van der Waals surface area contributed by atoms with Gasteiger partial charge >= 0.3 is 17.9 Å². The number of benzene rings is 2. The Morgan fingerprint density at radius 1 is 0.957 bits per heavy atom. The maximum Gasteiger partial charge on any atom is 0.339 e. The van der Waals surface area contributed by atoms with E-state index in [1.165, 1.54) is 6.07 Å². The summed E-state index contributed by atoms with van der Waals surface area (Å²) in [7, 11) is 0. The van der Waals surface area contributed by atoms with Gasteiger partial charge < -0.3 is 25.3 Å². The maximum atomic E-state index is 11.3. The standard InChI is InChI=1S/C15H13NO7/c17-11(18)6-16(7-12(19)20)13-9-4-2-1-3-8(9)5-10(14(13)21)15(22)23/h1-5,21H,6-7H2,(H,17,18)(H,19,20)(H,22,23). The summed E-state index contributed by atoms with van der Waals surface area (Å²) >= 11 is 0. The Bertz CT molecular complexity index is 784. The Kier molecular flexibility index (Phi) is 4.35. The quantitative estimate of drug-likeness (QED) is 0.624. The van der Waals surface area contributed by atoms with Crippen LogP contribution < -0.4 is 4.90 Å². The molecule has 0 aliphatic rings. The van der Waals surface area contributed by atoms with Crippen molar-refractivity contribution in [1.29, 1.82) is 0 Å². The lowest BCUT2D eigenvalue weighted by molar-refractivity contribution is -0.136. The van der Waals surface area contributed by atoms with Crippen LogP contribution in [0, 0.1) is 0 Å². The van der Waals surface area contributed by atoms with Crippen molar-refractivity contribution in [2.45, 2.75) is 0 Å². The molecule has 23 heavy (non-hydrogen) atoms. The molecule has 8 nitrogen and oxygen atoms in total. The number of hydrogen-bond acceptors (Lipinski definition) is 5. The minimum Gasteiger partial charge on any atom is -0.505 e. The predicted octanol–water partition coefficient (Wildman–Crippen LogP) is 1.22. The SMILES string of the molecule is O=C(O)CN(CC(=O)O)c1c(O)c(C(=O)O)cc2ccccc12. The minimum atomic E-state index is -1.40. The number of aromatic hydroxyl groups is 1. The molecule has 0 bridgehead atoms. The van der Waals surface area contributed by atoms with Crippen LogP contribution in [0.5, 0.6) is 5.75 Å². The van der Waals surface area contributed by atoms with Crippen LogP contribution in [0.1, 0.15) is 10.4 Å². The molecule has 2 aromatic carbocycles. The van der Waals surface area contributed by atoms with E-state index < -0.39 is 42.3 Å². The molecule has 0 atom stereocenters. The lowest BCUT2D eigenvalue weighted by Gasteiger charge is -2.24. The van der Waals surface area contributed by atoms with Crippen LogP contribution in [-0.2, 0) is 9.59 Å². The number of carbonyl (C=O) groups is 3.